The number of hydrazine groups is 1. The van der Waals surface area contributed by atoms with Crippen LogP contribution in [0.1, 0.15) is 57.0 Å². The maximum Gasteiger partial charge on any atom is 0.248 e. The third-order valence-electron chi connectivity index (χ3n) is 5.88. The number of hydrogen-bond donors (Lipinski definition) is 2. The van der Waals surface area contributed by atoms with Gasteiger partial charge >= 0.3 is 0 Å². The zero-order valence-electron chi connectivity index (χ0n) is 15.5. The van der Waals surface area contributed by atoms with Gasteiger partial charge in [0.05, 0.1) is 11.4 Å². The minimum atomic E-state index is -0.281. The van der Waals surface area contributed by atoms with Gasteiger partial charge in [-0.2, -0.15) is 0 Å². The Balaban J connectivity index is 1.69. The molecule has 1 heterocycles. The fourth-order valence-electron chi connectivity index (χ4n) is 4.58. The van der Waals surface area contributed by atoms with E-state index in [1.165, 1.54) is 50.1 Å². The van der Waals surface area contributed by atoms with Crippen molar-refractivity contribution < 1.29 is 9.59 Å². The van der Waals surface area contributed by atoms with Gasteiger partial charge in [-0.05, 0) is 57.8 Å². The van der Waals surface area contributed by atoms with Crippen LogP contribution in [0.2, 0.25) is 0 Å². The molecule has 4 atom stereocenters. The monoisotopic (exact) mass is 364 g/mol. The summed E-state index contributed by atoms with van der Waals surface area (Å²) in [5.74, 6) is 2.22. The van der Waals surface area contributed by atoms with Crippen LogP contribution in [0.25, 0.3) is 0 Å². The van der Waals surface area contributed by atoms with Gasteiger partial charge in [0.1, 0.15) is 0 Å². The molecule has 2 fully saturated rings. The third-order valence-corrected chi connectivity index (χ3v) is 6.84. The Labute approximate surface area is 153 Å². The molecule has 0 aromatic carbocycles. The van der Waals surface area contributed by atoms with E-state index in [1.54, 1.807) is 0 Å². The number of carbonyl (C=O) groups excluding carboxylic acids is 2. The molecule has 0 radical (unpaired) electrons. The molecule has 2 N–H and O–H groups in total. The number of hydrogen-bond acceptors (Lipinski definition) is 4. The molecule has 0 saturated heterocycles. The summed E-state index contributed by atoms with van der Waals surface area (Å²) >= 11 is 1.44. The number of amides is 2. The van der Waals surface area contributed by atoms with E-state index in [0.717, 1.165) is 28.6 Å². The van der Waals surface area contributed by atoms with E-state index < -0.39 is 0 Å². The van der Waals surface area contributed by atoms with Crippen molar-refractivity contribution in [3.63, 3.8) is 0 Å². The standard InChI is InChI=1S/C18H28N4O2S/c1-10-11(2)22(12(3)16-8-14-5-6-15(16)7-14)18(19-10)25-9-17(24)21-20-13(4)23/h12,14-16H,5-9H2,1-4H3,(H,20,23)(H,21,24)/t12-,14+,15+,16-/m1/s1. The third kappa shape index (κ3) is 3.86. The zero-order chi connectivity index (χ0) is 18.1. The first kappa shape index (κ1) is 18.3. The second kappa shape index (κ2) is 7.40. The number of nitrogens with zero attached hydrogens (tertiary/aromatic N) is 2. The molecule has 2 amide bonds. The van der Waals surface area contributed by atoms with Crippen LogP contribution in [0.5, 0.6) is 0 Å². The van der Waals surface area contributed by atoms with Crippen LogP contribution in [0.3, 0.4) is 0 Å². The molecule has 0 unspecified atom stereocenters. The van der Waals surface area contributed by atoms with Crippen LogP contribution >= 0.6 is 11.8 Å². The minimum Gasteiger partial charge on any atom is -0.320 e. The van der Waals surface area contributed by atoms with E-state index >= 15 is 0 Å². The summed E-state index contributed by atoms with van der Waals surface area (Å²) < 4.78 is 2.33. The number of rotatable bonds is 5. The van der Waals surface area contributed by atoms with Crippen molar-refractivity contribution in [3.8, 4) is 0 Å². The van der Waals surface area contributed by atoms with Crippen molar-refractivity contribution in [3.05, 3.63) is 11.4 Å². The maximum atomic E-state index is 11.9. The SMILES string of the molecule is CC(=O)NNC(=O)CSc1nc(C)c(C)n1[C@H](C)[C@H]1C[C@H]2CC[C@H]1C2. The number of aromatic nitrogens is 2. The summed E-state index contributed by atoms with van der Waals surface area (Å²) in [5.41, 5.74) is 6.94. The normalized spacial score (nSPS) is 25.8. The minimum absolute atomic E-state index is 0.224. The molecule has 6 nitrogen and oxygen atoms in total. The van der Waals surface area contributed by atoms with E-state index in [-0.39, 0.29) is 17.6 Å². The van der Waals surface area contributed by atoms with Gasteiger partial charge in [0.15, 0.2) is 5.16 Å². The smallest absolute Gasteiger partial charge is 0.248 e. The Morgan fingerprint density at radius 1 is 1.28 bits per heavy atom. The molecular weight excluding hydrogens is 336 g/mol. The van der Waals surface area contributed by atoms with Gasteiger partial charge in [-0.1, -0.05) is 18.2 Å². The first-order chi connectivity index (χ1) is 11.9. The van der Waals surface area contributed by atoms with Gasteiger partial charge in [-0.3, -0.25) is 20.4 Å². The van der Waals surface area contributed by atoms with Crippen LogP contribution in [0, 0.1) is 31.6 Å². The number of aryl methyl sites for hydroxylation is 1. The van der Waals surface area contributed by atoms with Gasteiger partial charge in [0, 0.05) is 18.7 Å². The summed E-state index contributed by atoms with van der Waals surface area (Å²) in [5, 5.41) is 0.906. The molecule has 0 aliphatic heterocycles. The summed E-state index contributed by atoms with van der Waals surface area (Å²) in [6.07, 6.45) is 5.49. The van der Waals surface area contributed by atoms with Crippen LogP contribution < -0.4 is 10.9 Å². The van der Waals surface area contributed by atoms with Crippen molar-refractivity contribution in [1.82, 2.24) is 20.4 Å². The summed E-state index contributed by atoms with van der Waals surface area (Å²) in [6.45, 7) is 7.82. The van der Waals surface area contributed by atoms with Gasteiger partial charge in [0.2, 0.25) is 11.8 Å². The Kier molecular flexibility index (Phi) is 5.41. The Bertz CT molecular complexity index is 672. The van der Waals surface area contributed by atoms with E-state index in [4.69, 9.17) is 4.98 Å². The molecule has 3 rings (SSSR count). The first-order valence-corrected chi connectivity index (χ1v) is 10.1. The largest absolute Gasteiger partial charge is 0.320 e. The average molecular weight is 365 g/mol. The number of imidazole rings is 1. The van der Waals surface area contributed by atoms with Crippen molar-refractivity contribution in [2.45, 2.75) is 64.6 Å². The predicted octanol–water partition coefficient (Wildman–Crippen LogP) is 2.76. The lowest BCUT2D eigenvalue weighted by molar-refractivity contribution is -0.126. The molecule has 7 heteroatoms. The topological polar surface area (TPSA) is 76.0 Å². The molecule has 25 heavy (non-hydrogen) atoms. The Morgan fingerprint density at radius 3 is 2.64 bits per heavy atom. The quantitative estimate of drug-likeness (QED) is 0.622. The maximum absolute atomic E-state index is 11.9. The van der Waals surface area contributed by atoms with E-state index in [2.05, 4.69) is 29.3 Å². The van der Waals surface area contributed by atoms with Gasteiger partial charge in [-0.15, -0.1) is 0 Å². The second-order valence-corrected chi connectivity index (χ2v) is 8.48. The van der Waals surface area contributed by atoms with Crippen molar-refractivity contribution >= 4 is 23.6 Å². The van der Waals surface area contributed by atoms with Crippen molar-refractivity contribution in [2.75, 3.05) is 5.75 Å². The molecule has 2 bridgehead atoms. The fourth-order valence-corrected chi connectivity index (χ4v) is 5.55. The lowest BCUT2D eigenvalue weighted by Crippen LogP contribution is -2.41. The molecule has 1 aromatic heterocycles. The van der Waals surface area contributed by atoms with E-state index in [1.807, 2.05) is 6.92 Å². The predicted molar refractivity (Wildman–Crippen MR) is 98.0 cm³/mol. The average Bonchev–Trinajstić information content (AvgIpc) is 3.26. The highest BCUT2D eigenvalue weighted by Crippen LogP contribution is 2.52. The van der Waals surface area contributed by atoms with Crippen molar-refractivity contribution in [1.29, 1.82) is 0 Å². The zero-order valence-corrected chi connectivity index (χ0v) is 16.3. The molecule has 138 valence electrons. The molecule has 1 aromatic rings. The first-order valence-electron chi connectivity index (χ1n) is 9.10. The molecule has 0 spiro atoms. The highest BCUT2D eigenvalue weighted by Gasteiger charge is 2.43. The number of nitrogens with one attached hydrogen (secondary N) is 2. The Morgan fingerprint density at radius 2 is 2.04 bits per heavy atom. The highest BCUT2D eigenvalue weighted by molar-refractivity contribution is 7.99. The number of carbonyl (C=O) groups is 2. The fraction of sp³-hybridized carbons (Fsp3) is 0.722. The second-order valence-electron chi connectivity index (χ2n) is 7.53. The van der Waals surface area contributed by atoms with Crippen LogP contribution in [-0.2, 0) is 9.59 Å². The van der Waals surface area contributed by atoms with Gasteiger partial charge < -0.3 is 4.57 Å². The summed E-state index contributed by atoms with van der Waals surface area (Å²) in [4.78, 5) is 27.4. The van der Waals surface area contributed by atoms with E-state index in [9.17, 15) is 9.59 Å². The van der Waals surface area contributed by atoms with E-state index in [0.29, 0.717) is 6.04 Å². The number of fused-ring (bicyclic) bond motifs is 2. The molecule has 2 aliphatic rings. The molecular formula is C18H28N4O2S. The highest BCUT2D eigenvalue weighted by atomic mass is 32.2. The van der Waals surface area contributed by atoms with Crippen molar-refractivity contribution in [2.24, 2.45) is 17.8 Å². The lowest BCUT2D eigenvalue weighted by Gasteiger charge is -2.30. The summed E-state index contributed by atoms with van der Waals surface area (Å²) in [6, 6.07) is 0.414. The lowest BCUT2D eigenvalue weighted by atomic mass is 9.84. The Hall–Kier alpha value is -1.50. The van der Waals surface area contributed by atoms with Gasteiger partial charge in [0.25, 0.3) is 0 Å². The number of thioether (sulfide) groups is 1. The molecule has 2 saturated carbocycles. The van der Waals surface area contributed by atoms with Crippen LogP contribution in [0.15, 0.2) is 5.16 Å². The molecule has 2 aliphatic carbocycles. The summed E-state index contributed by atoms with van der Waals surface area (Å²) in [7, 11) is 0. The van der Waals surface area contributed by atoms with Crippen LogP contribution in [0.4, 0.5) is 0 Å². The van der Waals surface area contributed by atoms with Crippen LogP contribution in [-0.4, -0.2) is 27.1 Å². The van der Waals surface area contributed by atoms with Gasteiger partial charge in [-0.25, -0.2) is 4.98 Å².